The molecule has 2 heterocycles. The second-order valence-corrected chi connectivity index (χ2v) is 3.16. The van der Waals surface area contributed by atoms with E-state index in [1.807, 2.05) is 0 Å². The molecule has 1 aromatic rings. The lowest BCUT2D eigenvalue weighted by Gasteiger charge is -2.08. The maximum Gasteiger partial charge on any atom is 0.415 e. The summed E-state index contributed by atoms with van der Waals surface area (Å²) in [6.07, 6.45) is 0.174. The summed E-state index contributed by atoms with van der Waals surface area (Å²) in [5.74, 6) is -0.479. The Bertz CT molecular complexity index is 375. The molecule has 1 unspecified atom stereocenters. The van der Waals surface area contributed by atoms with Gasteiger partial charge >= 0.3 is 12.1 Å². The molecule has 0 bridgehead atoms. The zero-order valence-electron chi connectivity index (χ0n) is 7.71. The average molecular weight is 211 g/mol. The Morgan fingerprint density at radius 3 is 3.20 bits per heavy atom. The molecule has 0 spiro atoms. The molecule has 15 heavy (non-hydrogen) atoms. The van der Waals surface area contributed by atoms with Crippen molar-refractivity contribution in [2.45, 2.75) is 12.5 Å². The van der Waals surface area contributed by atoms with E-state index in [9.17, 15) is 9.59 Å². The van der Waals surface area contributed by atoms with Crippen LogP contribution in [0, 0.1) is 0 Å². The number of nitrogens with one attached hydrogen (secondary N) is 1. The van der Waals surface area contributed by atoms with Gasteiger partial charge in [0, 0.05) is 6.07 Å². The molecule has 2 rings (SSSR count). The molecule has 0 aromatic carbocycles. The largest absolute Gasteiger partial charge is 0.481 e. The van der Waals surface area contributed by atoms with Gasteiger partial charge in [0.2, 0.25) is 0 Å². The number of aromatic amines is 1. The Labute approximate surface area is 84.6 Å². The van der Waals surface area contributed by atoms with Crippen molar-refractivity contribution in [2.24, 2.45) is 0 Å². The van der Waals surface area contributed by atoms with Gasteiger partial charge in [-0.05, 0) is 0 Å². The van der Waals surface area contributed by atoms with Crippen LogP contribution in [0.2, 0.25) is 0 Å². The molecule has 7 nitrogen and oxygen atoms in total. The number of cyclic esters (lactones) is 1. The lowest BCUT2D eigenvalue weighted by atomic mass is 10.2. The minimum atomic E-state index is -0.987. The standard InChI is InChI=1S/C8H9N3O4/c12-7(13)3-5-4-11(8(14)15-5)6-1-2-9-10-6/h1-2,5H,3-4H2,(H,9,10)(H,12,13). The Balaban J connectivity index is 2.05. The third-order valence-electron chi connectivity index (χ3n) is 2.05. The van der Waals surface area contributed by atoms with Gasteiger partial charge < -0.3 is 9.84 Å². The van der Waals surface area contributed by atoms with E-state index in [4.69, 9.17) is 9.84 Å². The summed E-state index contributed by atoms with van der Waals surface area (Å²) in [6, 6.07) is 1.62. The maximum atomic E-state index is 11.3. The highest BCUT2D eigenvalue weighted by atomic mass is 16.6. The number of carboxylic acid groups (broad SMARTS) is 1. The Hall–Kier alpha value is -2.05. The molecule has 1 atom stereocenters. The molecule has 2 N–H and O–H groups in total. The van der Waals surface area contributed by atoms with Gasteiger partial charge in [0.15, 0.2) is 0 Å². The second-order valence-electron chi connectivity index (χ2n) is 3.16. The van der Waals surface area contributed by atoms with Crippen LogP contribution in [0.15, 0.2) is 12.3 Å². The molecule has 7 heteroatoms. The van der Waals surface area contributed by atoms with Gasteiger partial charge in [-0.25, -0.2) is 4.79 Å². The smallest absolute Gasteiger partial charge is 0.415 e. The van der Waals surface area contributed by atoms with E-state index in [0.717, 1.165) is 0 Å². The lowest BCUT2D eigenvalue weighted by Crippen LogP contribution is -2.25. The van der Waals surface area contributed by atoms with Crippen LogP contribution in [0.4, 0.5) is 10.6 Å². The monoisotopic (exact) mass is 211 g/mol. The Morgan fingerprint density at radius 1 is 1.80 bits per heavy atom. The summed E-state index contributed by atoms with van der Waals surface area (Å²) in [4.78, 5) is 23.1. The van der Waals surface area contributed by atoms with E-state index >= 15 is 0 Å². The molecule has 80 valence electrons. The van der Waals surface area contributed by atoms with Gasteiger partial charge in [0.25, 0.3) is 0 Å². The van der Waals surface area contributed by atoms with Gasteiger partial charge in [0.1, 0.15) is 11.9 Å². The number of aromatic nitrogens is 2. The van der Waals surface area contributed by atoms with Crippen LogP contribution in [-0.4, -0.2) is 40.0 Å². The van der Waals surface area contributed by atoms with Gasteiger partial charge in [-0.1, -0.05) is 0 Å². The number of carbonyl (C=O) groups excluding carboxylic acids is 1. The molecule has 0 saturated carbocycles. The molecule has 0 radical (unpaired) electrons. The van der Waals surface area contributed by atoms with E-state index < -0.39 is 18.2 Å². The molecular weight excluding hydrogens is 202 g/mol. The van der Waals surface area contributed by atoms with Crippen molar-refractivity contribution in [1.82, 2.24) is 10.2 Å². The van der Waals surface area contributed by atoms with Crippen LogP contribution < -0.4 is 4.90 Å². The lowest BCUT2D eigenvalue weighted by molar-refractivity contribution is -0.138. The first kappa shape index (κ1) is 9.50. The molecule has 1 fully saturated rings. The quantitative estimate of drug-likeness (QED) is 0.745. The van der Waals surface area contributed by atoms with Crippen molar-refractivity contribution in [3.8, 4) is 0 Å². The fraction of sp³-hybridized carbons (Fsp3) is 0.375. The molecule has 1 aliphatic rings. The number of ether oxygens (including phenoxy) is 1. The highest BCUT2D eigenvalue weighted by Gasteiger charge is 2.34. The van der Waals surface area contributed by atoms with Crippen LogP contribution in [0.3, 0.4) is 0 Å². The molecule has 0 aliphatic carbocycles. The second kappa shape index (κ2) is 3.60. The number of rotatable bonds is 3. The van der Waals surface area contributed by atoms with Crippen molar-refractivity contribution in [2.75, 3.05) is 11.4 Å². The van der Waals surface area contributed by atoms with Crippen LogP contribution >= 0.6 is 0 Å². The number of carboxylic acids is 1. The Morgan fingerprint density at radius 2 is 2.60 bits per heavy atom. The fourth-order valence-electron chi connectivity index (χ4n) is 1.42. The summed E-state index contributed by atoms with van der Waals surface area (Å²) in [7, 11) is 0. The topological polar surface area (TPSA) is 95.5 Å². The maximum absolute atomic E-state index is 11.3. The van der Waals surface area contributed by atoms with Crippen molar-refractivity contribution in [1.29, 1.82) is 0 Å². The van der Waals surface area contributed by atoms with Crippen LogP contribution in [0.5, 0.6) is 0 Å². The highest BCUT2D eigenvalue weighted by molar-refractivity contribution is 5.88. The SMILES string of the molecule is O=C(O)CC1CN(c2ccn[nH]2)C(=O)O1. The third kappa shape index (κ3) is 1.90. The molecule has 1 saturated heterocycles. The van der Waals surface area contributed by atoms with Gasteiger partial charge in [0.05, 0.1) is 19.2 Å². The van der Waals surface area contributed by atoms with Crippen LogP contribution in [-0.2, 0) is 9.53 Å². The molecular formula is C8H9N3O4. The van der Waals surface area contributed by atoms with Crippen molar-refractivity contribution in [3.63, 3.8) is 0 Å². The first-order chi connectivity index (χ1) is 7.16. The van der Waals surface area contributed by atoms with Gasteiger partial charge in [-0.3, -0.25) is 14.8 Å². The van der Waals surface area contributed by atoms with E-state index in [1.54, 1.807) is 6.07 Å². The predicted octanol–water partition coefficient (Wildman–Crippen LogP) is 0.210. The highest BCUT2D eigenvalue weighted by Crippen LogP contribution is 2.20. The van der Waals surface area contributed by atoms with E-state index in [0.29, 0.717) is 5.82 Å². The first-order valence-corrected chi connectivity index (χ1v) is 4.36. The van der Waals surface area contributed by atoms with Crippen LogP contribution in [0.1, 0.15) is 6.42 Å². The predicted molar refractivity (Wildman–Crippen MR) is 48.5 cm³/mol. The zero-order valence-corrected chi connectivity index (χ0v) is 7.71. The normalized spacial score (nSPS) is 20.4. The average Bonchev–Trinajstić information content (AvgIpc) is 2.72. The Kier molecular flexibility index (Phi) is 2.28. The van der Waals surface area contributed by atoms with Gasteiger partial charge in [-0.2, -0.15) is 5.10 Å². The van der Waals surface area contributed by atoms with E-state index in [-0.39, 0.29) is 13.0 Å². The number of hydrogen-bond donors (Lipinski definition) is 2. The zero-order chi connectivity index (χ0) is 10.8. The minimum absolute atomic E-state index is 0.184. The van der Waals surface area contributed by atoms with E-state index in [2.05, 4.69) is 10.2 Å². The van der Waals surface area contributed by atoms with Gasteiger partial charge in [-0.15, -0.1) is 0 Å². The summed E-state index contributed by atoms with van der Waals surface area (Å²) in [5, 5.41) is 14.9. The van der Waals surface area contributed by atoms with Crippen molar-refractivity contribution in [3.05, 3.63) is 12.3 Å². The number of aliphatic carboxylic acids is 1. The number of anilines is 1. The number of carbonyl (C=O) groups is 2. The molecule has 1 amide bonds. The summed E-state index contributed by atoms with van der Waals surface area (Å²) in [5.41, 5.74) is 0. The van der Waals surface area contributed by atoms with Crippen molar-refractivity contribution < 1.29 is 19.4 Å². The fourth-order valence-corrected chi connectivity index (χ4v) is 1.42. The summed E-state index contributed by atoms with van der Waals surface area (Å²) >= 11 is 0. The summed E-state index contributed by atoms with van der Waals surface area (Å²) in [6.45, 7) is 0.229. The minimum Gasteiger partial charge on any atom is -0.481 e. The van der Waals surface area contributed by atoms with Crippen LogP contribution in [0.25, 0.3) is 0 Å². The number of nitrogens with zero attached hydrogens (tertiary/aromatic N) is 2. The number of amides is 1. The molecule has 1 aliphatic heterocycles. The van der Waals surface area contributed by atoms with Crippen molar-refractivity contribution >= 4 is 17.9 Å². The number of H-pyrrole nitrogens is 1. The first-order valence-electron chi connectivity index (χ1n) is 4.36. The third-order valence-corrected chi connectivity index (χ3v) is 2.05. The van der Waals surface area contributed by atoms with E-state index in [1.165, 1.54) is 11.1 Å². The summed E-state index contributed by atoms with van der Waals surface area (Å²) < 4.78 is 4.87. The number of hydrogen-bond acceptors (Lipinski definition) is 4. The molecule has 1 aromatic heterocycles.